The van der Waals surface area contributed by atoms with Gasteiger partial charge in [0.05, 0.1) is 15.9 Å². The molecule has 1 aromatic heterocycles. The number of hydrogen-bond acceptors (Lipinski definition) is 3. The predicted molar refractivity (Wildman–Crippen MR) is 50.6 cm³/mol. The maximum absolute atomic E-state index is 9.15. The first kappa shape index (κ1) is 9.19. The zero-order chi connectivity index (χ0) is 8.43. The monoisotopic (exact) mass is 235 g/mol. The minimum atomic E-state index is -0.486. The lowest BCUT2D eigenvalue weighted by Gasteiger charge is -2.11. The fourth-order valence-corrected chi connectivity index (χ4v) is 2.27. The number of rotatable bonds is 2. The molecule has 1 heterocycles. The Labute approximate surface area is 78.2 Å². The van der Waals surface area contributed by atoms with Crippen molar-refractivity contribution in [3.8, 4) is 0 Å². The van der Waals surface area contributed by atoms with E-state index in [4.69, 9.17) is 10.8 Å². The predicted octanol–water partition coefficient (Wildman–Crippen LogP) is 1.89. The van der Waals surface area contributed by atoms with Gasteiger partial charge in [0.15, 0.2) is 0 Å². The summed E-state index contributed by atoms with van der Waals surface area (Å²) in [4.78, 5) is 1.01. The molecule has 0 saturated carbocycles. The second kappa shape index (κ2) is 3.67. The van der Waals surface area contributed by atoms with Gasteiger partial charge in [-0.25, -0.2) is 0 Å². The second-order valence-electron chi connectivity index (χ2n) is 2.41. The van der Waals surface area contributed by atoms with Gasteiger partial charge in [0.2, 0.25) is 0 Å². The first-order valence-electron chi connectivity index (χ1n) is 3.30. The number of halogens is 1. The molecule has 3 N–H and O–H groups in total. The molecule has 0 aliphatic heterocycles. The first-order valence-corrected chi connectivity index (χ1v) is 4.91. The van der Waals surface area contributed by atoms with Crippen LogP contribution in [0.3, 0.4) is 0 Å². The highest BCUT2D eigenvalue weighted by atomic mass is 79.9. The lowest BCUT2D eigenvalue weighted by molar-refractivity contribution is 0.165. The standard InChI is InChI=1S/C7H10BrNOS/c1-4(10)7(9)5-2-3-6(8)11-5/h2-4,7,10H,9H2,1H3/t4?,7-/m0/s1. The summed E-state index contributed by atoms with van der Waals surface area (Å²) >= 11 is 4.89. The van der Waals surface area contributed by atoms with Gasteiger partial charge < -0.3 is 10.8 Å². The number of nitrogens with two attached hydrogens (primary N) is 1. The summed E-state index contributed by atoms with van der Waals surface area (Å²) in [5.41, 5.74) is 5.69. The fourth-order valence-electron chi connectivity index (χ4n) is 0.745. The third kappa shape index (κ3) is 2.27. The molecule has 0 aliphatic rings. The topological polar surface area (TPSA) is 46.2 Å². The molecule has 0 aromatic carbocycles. The van der Waals surface area contributed by atoms with E-state index in [1.54, 1.807) is 18.3 Å². The summed E-state index contributed by atoms with van der Waals surface area (Å²) in [5, 5.41) is 9.15. The molecule has 2 atom stereocenters. The van der Waals surface area contributed by atoms with Crippen LogP contribution in [0.25, 0.3) is 0 Å². The average Bonchev–Trinajstić information content (AvgIpc) is 2.34. The Kier molecular flexibility index (Phi) is 3.06. The Morgan fingerprint density at radius 2 is 2.27 bits per heavy atom. The van der Waals surface area contributed by atoms with Crippen molar-refractivity contribution in [3.05, 3.63) is 20.8 Å². The van der Waals surface area contributed by atoms with Crippen molar-refractivity contribution in [2.45, 2.75) is 19.1 Å². The minimum Gasteiger partial charge on any atom is -0.391 e. The van der Waals surface area contributed by atoms with Gasteiger partial charge in [-0.15, -0.1) is 11.3 Å². The maximum Gasteiger partial charge on any atom is 0.0712 e. The number of hydrogen-bond donors (Lipinski definition) is 2. The van der Waals surface area contributed by atoms with Crippen LogP contribution in [0.15, 0.2) is 15.9 Å². The number of aliphatic hydroxyl groups excluding tert-OH is 1. The van der Waals surface area contributed by atoms with Gasteiger partial charge >= 0.3 is 0 Å². The van der Waals surface area contributed by atoms with Gasteiger partial charge in [-0.05, 0) is 35.0 Å². The Balaban J connectivity index is 2.76. The quantitative estimate of drug-likeness (QED) is 0.823. The van der Waals surface area contributed by atoms with Crippen molar-refractivity contribution in [2.75, 3.05) is 0 Å². The minimum absolute atomic E-state index is 0.258. The Hall–Kier alpha value is 0.1000. The van der Waals surface area contributed by atoms with Gasteiger partial charge in [-0.2, -0.15) is 0 Å². The molecule has 0 spiro atoms. The van der Waals surface area contributed by atoms with Crippen LogP contribution in [0.5, 0.6) is 0 Å². The molecule has 1 aromatic rings. The van der Waals surface area contributed by atoms with Crippen molar-refractivity contribution >= 4 is 27.3 Å². The molecule has 0 fully saturated rings. The number of aliphatic hydroxyl groups is 1. The molecule has 11 heavy (non-hydrogen) atoms. The molecular formula is C7H10BrNOS. The molecule has 2 nitrogen and oxygen atoms in total. The Bertz CT molecular complexity index is 236. The highest BCUT2D eigenvalue weighted by Crippen LogP contribution is 2.27. The van der Waals surface area contributed by atoms with Gasteiger partial charge in [0.1, 0.15) is 0 Å². The highest BCUT2D eigenvalue weighted by Gasteiger charge is 2.13. The molecular weight excluding hydrogens is 226 g/mol. The SMILES string of the molecule is CC(O)[C@H](N)c1ccc(Br)s1. The van der Waals surface area contributed by atoms with Crippen LogP contribution >= 0.6 is 27.3 Å². The van der Waals surface area contributed by atoms with Crippen molar-refractivity contribution in [3.63, 3.8) is 0 Å². The van der Waals surface area contributed by atoms with E-state index >= 15 is 0 Å². The molecule has 0 aliphatic carbocycles. The molecule has 4 heteroatoms. The summed E-state index contributed by atoms with van der Waals surface area (Å²) in [6.07, 6.45) is -0.486. The summed E-state index contributed by atoms with van der Waals surface area (Å²) in [7, 11) is 0. The van der Waals surface area contributed by atoms with Crippen LogP contribution in [-0.2, 0) is 0 Å². The van der Waals surface area contributed by atoms with E-state index in [0.717, 1.165) is 8.66 Å². The second-order valence-corrected chi connectivity index (χ2v) is 4.90. The van der Waals surface area contributed by atoms with Crippen LogP contribution < -0.4 is 5.73 Å². The Morgan fingerprint density at radius 3 is 2.64 bits per heavy atom. The van der Waals surface area contributed by atoms with Crippen molar-refractivity contribution < 1.29 is 5.11 Å². The van der Waals surface area contributed by atoms with Crippen LogP contribution in [0.4, 0.5) is 0 Å². The third-order valence-electron chi connectivity index (χ3n) is 1.44. The van der Waals surface area contributed by atoms with Crippen LogP contribution in [0.2, 0.25) is 0 Å². The lowest BCUT2D eigenvalue weighted by Crippen LogP contribution is -2.21. The molecule has 0 saturated heterocycles. The van der Waals surface area contributed by atoms with E-state index in [1.165, 1.54) is 0 Å². The molecule has 62 valence electrons. The maximum atomic E-state index is 9.15. The van der Waals surface area contributed by atoms with Gasteiger partial charge in [-0.3, -0.25) is 0 Å². The Morgan fingerprint density at radius 1 is 1.64 bits per heavy atom. The summed E-state index contributed by atoms with van der Waals surface area (Å²) in [6, 6.07) is 3.60. The van der Waals surface area contributed by atoms with Crippen LogP contribution in [0, 0.1) is 0 Å². The van der Waals surface area contributed by atoms with Gasteiger partial charge in [-0.1, -0.05) is 0 Å². The molecule has 0 amide bonds. The van der Waals surface area contributed by atoms with Gasteiger partial charge in [0.25, 0.3) is 0 Å². The molecule has 1 rings (SSSR count). The number of thiophene rings is 1. The van der Waals surface area contributed by atoms with Crippen molar-refractivity contribution in [1.29, 1.82) is 0 Å². The van der Waals surface area contributed by atoms with Crippen LogP contribution in [-0.4, -0.2) is 11.2 Å². The largest absolute Gasteiger partial charge is 0.391 e. The van der Waals surface area contributed by atoms with E-state index in [1.807, 2.05) is 12.1 Å². The highest BCUT2D eigenvalue weighted by molar-refractivity contribution is 9.11. The van der Waals surface area contributed by atoms with Crippen LogP contribution in [0.1, 0.15) is 17.8 Å². The normalized spacial score (nSPS) is 16.4. The summed E-state index contributed by atoms with van der Waals surface area (Å²) in [5.74, 6) is 0. The zero-order valence-corrected chi connectivity index (χ0v) is 8.52. The zero-order valence-electron chi connectivity index (χ0n) is 6.12. The van der Waals surface area contributed by atoms with Gasteiger partial charge in [0, 0.05) is 4.88 Å². The lowest BCUT2D eigenvalue weighted by atomic mass is 10.2. The third-order valence-corrected chi connectivity index (χ3v) is 3.17. The summed E-state index contributed by atoms with van der Waals surface area (Å²) in [6.45, 7) is 1.69. The van der Waals surface area contributed by atoms with Crippen molar-refractivity contribution in [2.24, 2.45) is 5.73 Å². The molecule has 1 unspecified atom stereocenters. The van der Waals surface area contributed by atoms with E-state index in [-0.39, 0.29) is 6.04 Å². The summed E-state index contributed by atoms with van der Waals surface area (Å²) < 4.78 is 1.05. The van der Waals surface area contributed by atoms with Crippen molar-refractivity contribution in [1.82, 2.24) is 0 Å². The van der Waals surface area contributed by atoms with E-state index in [2.05, 4.69) is 15.9 Å². The fraction of sp³-hybridized carbons (Fsp3) is 0.429. The van der Waals surface area contributed by atoms with E-state index in [9.17, 15) is 0 Å². The smallest absolute Gasteiger partial charge is 0.0712 e. The molecule has 0 bridgehead atoms. The molecule has 0 radical (unpaired) electrons. The van der Waals surface area contributed by atoms with E-state index < -0.39 is 6.10 Å². The average molecular weight is 236 g/mol. The van der Waals surface area contributed by atoms with E-state index in [0.29, 0.717) is 0 Å². The first-order chi connectivity index (χ1) is 5.11.